The molecule has 1 N–H and O–H groups in total. The third kappa shape index (κ3) is 3.35. The van der Waals surface area contributed by atoms with E-state index in [0.717, 1.165) is 30.7 Å². The highest BCUT2D eigenvalue weighted by Gasteiger charge is 2.23. The number of para-hydroxylation sites is 1. The minimum absolute atomic E-state index is 0.125. The maximum Gasteiger partial charge on any atom is 0.0726 e. The van der Waals surface area contributed by atoms with Gasteiger partial charge in [-0.25, -0.2) is 0 Å². The van der Waals surface area contributed by atoms with E-state index in [2.05, 4.69) is 75.3 Å². The molecule has 0 amide bonds. The molecule has 2 rings (SSSR count). The molecule has 0 radical (unpaired) electrons. The average molecular weight is 285 g/mol. The average Bonchev–Trinajstić information content (AvgIpc) is 2.51. The number of pyridine rings is 1. The van der Waals surface area contributed by atoms with Crippen LogP contribution >= 0.6 is 0 Å². The van der Waals surface area contributed by atoms with Gasteiger partial charge in [-0.2, -0.15) is 0 Å². The number of rotatable bonds is 6. The standard InChI is InChI=1S/C18H27N3/c1-6-18(3,4)21(5)17-12-14(13-19-7-2)20-16-11-9-8-10-15(16)17/h8-12,19H,6-7,13H2,1-5H3. The van der Waals surface area contributed by atoms with Crippen LogP contribution in [-0.2, 0) is 6.54 Å². The largest absolute Gasteiger partial charge is 0.369 e. The molecule has 0 spiro atoms. The first kappa shape index (κ1) is 15.8. The van der Waals surface area contributed by atoms with Crippen LogP contribution in [0.15, 0.2) is 30.3 Å². The molecule has 1 heterocycles. The summed E-state index contributed by atoms with van der Waals surface area (Å²) in [4.78, 5) is 7.16. The zero-order valence-electron chi connectivity index (χ0n) is 13.9. The first-order valence-electron chi connectivity index (χ1n) is 7.82. The van der Waals surface area contributed by atoms with Gasteiger partial charge >= 0.3 is 0 Å². The number of hydrogen-bond acceptors (Lipinski definition) is 3. The Balaban J connectivity index is 2.54. The minimum Gasteiger partial charge on any atom is -0.369 e. The molecule has 114 valence electrons. The van der Waals surface area contributed by atoms with Crippen molar-refractivity contribution in [3.8, 4) is 0 Å². The van der Waals surface area contributed by atoms with Gasteiger partial charge in [-0.1, -0.05) is 32.0 Å². The highest BCUT2D eigenvalue weighted by atomic mass is 15.2. The summed E-state index contributed by atoms with van der Waals surface area (Å²) in [6.45, 7) is 10.7. The van der Waals surface area contributed by atoms with Crippen molar-refractivity contribution in [2.75, 3.05) is 18.5 Å². The molecule has 3 nitrogen and oxygen atoms in total. The molecule has 2 aromatic rings. The lowest BCUT2D eigenvalue weighted by molar-refractivity contribution is 0.471. The Hall–Kier alpha value is -1.61. The van der Waals surface area contributed by atoms with E-state index in [1.165, 1.54) is 11.1 Å². The molecular weight excluding hydrogens is 258 g/mol. The van der Waals surface area contributed by atoms with Crippen LogP contribution in [0.2, 0.25) is 0 Å². The van der Waals surface area contributed by atoms with Gasteiger partial charge in [0.1, 0.15) is 0 Å². The Kier molecular flexibility index (Phi) is 4.84. The summed E-state index contributed by atoms with van der Waals surface area (Å²) in [5.74, 6) is 0. The first-order valence-corrected chi connectivity index (χ1v) is 7.82. The molecule has 0 aliphatic rings. The van der Waals surface area contributed by atoms with Gasteiger partial charge in [-0.05, 0) is 38.9 Å². The molecule has 0 saturated carbocycles. The van der Waals surface area contributed by atoms with Crippen LogP contribution in [0, 0.1) is 0 Å². The smallest absolute Gasteiger partial charge is 0.0726 e. The van der Waals surface area contributed by atoms with Crippen molar-refractivity contribution in [2.45, 2.75) is 46.2 Å². The van der Waals surface area contributed by atoms with Gasteiger partial charge in [0.15, 0.2) is 0 Å². The zero-order valence-corrected chi connectivity index (χ0v) is 13.9. The van der Waals surface area contributed by atoms with Crippen molar-refractivity contribution in [1.82, 2.24) is 10.3 Å². The van der Waals surface area contributed by atoms with E-state index >= 15 is 0 Å². The summed E-state index contributed by atoms with van der Waals surface area (Å²) in [6, 6.07) is 10.6. The van der Waals surface area contributed by atoms with Gasteiger partial charge in [0.2, 0.25) is 0 Å². The molecule has 0 unspecified atom stereocenters. The van der Waals surface area contributed by atoms with Gasteiger partial charge < -0.3 is 10.2 Å². The third-order valence-corrected chi connectivity index (χ3v) is 4.44. The molecule has 0 saturated heterocycles. The lowest BCUT2D eigenvalue weighted by Crippen LogP contribution is -2.40. The Labute approximate surface area is 128 Å². The van der Waals surface area contributed by atoms with E-state index in [1.807, 2.05) is 0 Å². The fraction of sp³-hybridized carbons (Fsp3) is 0.500. The predicted octanol–water partition coefficient (Wildman–Crippen LogP) is 3.97. The lowest BCUT2D eigenvalue weighted by Gasteiger charge is -2.37. The SMILES string of the molecule is CCNCc1cc(N(C)C(C)(C)CC)c2ccccc2n1. The normalized spacial score (nSPS) is 11.9. The Morgan fingerprint density at radius 1 is 1.19 bits per heavy atom. The zero-order chi connectivity index (χ0) is 15.5. The highest BCUT2D eigenvalue weighted by Crippen LogP contribution is 2.31. The number of fused-ring (bicyclic) bond motifs is 1. The van der Waals surface area contributed by atoms with Crippen LogP contribution in [-0.4, -0.2) is 24.1 Å². The van der Waals surface area contributed by atoms with E-state index in [1.54, 1.807) is 0 Å². The van der Waals surface area contributed by atoms with Crippen molar-refractivity contribution < 1.29 is 0 Å². The number of aromatic nitrogens is 1. The van der Waals surface area contributed by atoms with E-state index in [4.69, 9.17) is 4.98 Å². The maximum atomic E-state index is 4.77. The van der Waals surface area contributed by atoms with Crippen molar-refractivity contribution in [3.05, 3.63) is 36.0 Å². The number of benzene rings is 1. The molecule has 0 bridgehead atoms. The number of nitrogens with one attached hydrogen (secondary N) is 1. The molecule has 0 atom stereocenters. The second-order valence-electron chi connectivity index (χ2n) is 6.16. The van der Waals surface area contributed by atoms with Gasteiger partial charge in [-0.3, -0.25) is 4.98 Å². The van der Waals surface area contributed by atoms with Crippen molar-refractivity contribution in [1.29, 1.82) is 0 Å². The highest BCUT2D eigenvalue weighted by molar-refractivity contribution is 5.92. The molecule has 0 aliphatic carbocycles. The Bertz CT molecular complexity index is 604. The van der Waals surface area contributed by atoms with Crippen LogP contribution in [0.5, 0.6) is 0 Å². The molecule has 1 aromatic heterocycles. The summed E-state index contributed by atoms with van der Waals surface area (Å²) in [5, 5.41) is 4.59. The van der Waals surface area contributed by atoms with E-state index < -0.39 is 0 Å². The predicted molar refractivity (Wildman–Crippen MR) is 91.9 cm³/mol. The second kappa shape index (κ2) is 6.44. The maximum absolute atomic E-state index is 4.77. The van der Waals surface area contributed by atoms with Crippen molar-refractivity contribution in [2.24, 2.45) is 0 Å². The summed E-state index contributed by atoms with van der Waals surface area (Å²) >= 11 is 0. The molecule has 3 heteroatoms. The molecular formula is C18H27N3. The Morgan fingerprint density at radius 2 is 1.90 bits per heavy atom. The van der Waals surface area contributed by atoms with E-state index in [-0.39, 0.29) is 5.54 Å². The number of nitrogens with zero attached hydrogens (tertiary/aromatic N) is 2. The topological polar surface area (TPSA) is 28.2 Å². The fourth-order valence-electron chi connectivity index (χ4n) is 2.39. The van der Waals surface area contributed by atoms with Crippen LogP contribution in [0.4, 0.5) is 5.69 Å². The van der Waals surface area contributed by atoms with Crippen LogP contribution in [0.25, 0.3) is 10.9 Å². The van der Waals surface area contributed by atoms with Crippen LogP contribution < -0.4 is 10.2 Å². The summed E-state index contributed by atoms with van der Waals surface area (Å²) < 4.78 is 0. The summed E-state index contributed by atoms with van der Waals surface area (Å²) in [7, 11) is 2.18. The summed E-state index contributed by atoms with van der Waals surface area (Å²) in [6.07, 6.45) is 1.10. The van der Waals surface area contributed by atoms with Gasteiger partial charge in [0.05, 0.1) is 11.2 Å². The lowest BCUT2D eigenvalue weighted by atomic mass is 9.98. The molecule has 0 fully saturated rings. The van der Waals surface area contributed by atoms with Crippen molar-refractivity contribution in [3.63, 3.8) is 0 Å². The second-order valence-corrected chi connectivity index (χ2v) is 6.16. The van der Waals surface area contributed by atoms with Gasteiger partial charge in [-0.15, -0.1) is 0 Å². The monoisotopic (exact) mass is 285 g/mol. The number of hydrogen-bond donors (Lipinski definition) is 1. The fourth-order valence-corrected chi connectivity index (χ4v) is 2.39. The minimum atomic E-state index is 0.125. The third-order valence-electron chi connectivity index (χ3n) is 4.44. The molecule has 0 aliphatic heterocycles. The van der Waals surface area contributed by atoms with E-state index in [9.17, 15) is 0 Å². The van der Waals surface area contributed by atoms with E-state index in [0.29, 0.717) is 0 Å². The van der Waals surface area contributed by atoms with Crippen LogP contribution in [0.1, 0.15) is 39.8 Å². The van der Waals surface area contributed by atoms with Crippen LogP contribution in [0.3, 0.4) is 0 Å². The molecule has 21 heavy (non-hydrogen) atoms. The molecule has 1 aromatic carbocycles. The van der Waals surface area contributed by atoms with Crippen molar-refractivity contribution >= 4 is 16.6 Å². The summed E-state index contributed by atoms with van der Waals surface area (Å²) in [5.41, 5.74) is 3.56. The quantitative estimate of drug-likeness (QED) is 0.870. The van der Waals surface area contributed by atoms with Gasteiger partial charge in [0, 0.05) is 30.2 Å². The first-order chi connectivity index (χ1) is 9.99. The Morgan fingerprint density at radius 3 is 2.57 bits per heavy atom. The van der Waals surface area contributed by atoms with Gasteiger partial charge in [0.25, 0.3) is 0 Å². The number of anilines is 1.